The lowest BCUT2D eigenvalue weighted by atomic mass is 9.80. The third kappa shape index (κ3) is 7.75. The number of esters is 1. The minimum Gasteiger partial charge on any atom is -0.478 e. The highest BCUT2D eigenvalue weighted by Gasteiger charge is 3.00. The predicted octanol–water partition coefficient (Wildman–Crippen LogP) is 8.03. The van der Waals surface area contributed by atoms with E-state index in [-0.39, 0.29) is 11.6 Å². The van der Waals surface area contributed by atoms with Gasteiger partial charge in [-0.2, -0.15) is 96.6 Å². The number of hydrogen-bond acceptors (Lipinski definition) is 4. The molecule has 0 aromatic rings. The van der Waals surface area contributed by atoms with E-state index in [1.54, 1.807) is 0 Å². The van der Waals surface area contributed by atoms with Crippen molar-refractivity contribution < 1.29 is 126 Å². The summed E-state index contributed by atoms with van der Waals surface area (Å²) in [4.78, 5) is 20.3. The van der Waals surface area contributed by atoms with Crippen LogP contribution in [0, 0.1) is 0 Å². The summed E-state index contributed by atoms with van der Waals surface area (Å²) in [6.45, 7) is 5.31. The molecule has 0 spiro atoms. The fourth-order valence-electron chi connectivity index (χ4n) is 2.70. The number of ether oxygens (including phenoxy) is 1. The molecule has 0 fully saturated rings. The highest BCUT2D eigenvalue weighted by Crippen LogP contribution is 2.68. The first-order chi connectivity index (χ1) is 21.0. The van der Waals surface area contributed by atoms with Gasteiger partial charge in [0.2, 0.25) is 0 Å². The van der Waals surface area contributed by atoms with Gasteiger partial charge in [0.05, 0.1) is 6.10 Å². The molecule has 0 heterocycles. The topological polar surface area (TPSA) is 83.8 Å². The van der Waals surface area contributed by atoms with Gasteiger partial charge in [0, 0.05) is 18.1 Å². The van der Waals surface area contributed by atoms with E-state index in [4.69, 9.17) is 10.2 Å². The molecule has 2 N–H and O–H groups in total. The number of carboxylic acids is 1. The van der Waals surface area contributed by atoms with Crippen LogP contribution < -0.4 is 0 Å². The van der Waals surface area contributed by atoms with E-state index >= 15 is 0 Å². The molecule has 0 radical (unpaired) electrons. The minimum absolute atomic E-state index is 0.168. The van der Waals surface area contributed by atoms with Crippen molar-refractivity contribution in [2.24, 2.45) is 0 Å². The van der Waals surface area contributed by atoms with Crippen LogP contribution in [0.4, 0.5) is 101 Å². The average Bonchev–Trinajstić information content (AvgIpc) is 2.88. The molecule has 0 aliphatic carbocycles. The number of carbonyl (C=O) groups excluding carboxylic acids is 1. The lowest BCUT2D eigenvalue weighted by molar-refractivity contribution is -0.483. The summed E-state index contributed by atoms with van der Waals surface area (Å²) in [6, 6.07) is 0. The molecule has 2 atom stereocenters. The van der Waals surface area contributed by atoms with Gasteiger partial charge in [-0.1, -0.05) is 13.2 Å². The number of aliphatic carboxylic acids is 1. The average molecular weight is 784 g/mol. The molecule has 0 bridgehead atoms. The highest BCUT2D eigenvalue weighted by molar-refractivity contribution is 5.84. The van der Waals surface area contributed by atoms with Crippen LogP contribution in [0.1, 0.15) is 13.3 Å². The number of alkyl halides is 23. The molecule has 2 unspecified atom stereocenters. The number of halogens is 23. The van der Waals surface area contributed by atoms with Crippen molar-refractivity contribution in [2.75, 3.05) is 6.61 Å². The van der Waals surface area contributed by atoms with Crippen LogP contribution in [-0.4, -0.2) is 100 Å². The van der Waals surface area contributed by atoms with Crippen molar-refractivity contribution in [3.05, 3.63) is 24.8 Å². The van der Waals surface area contributed by atoms with E-state index in [0.29, 0.717) is 0 Å². The van der Waals surface area contributed by atoms with Gasteiger partial charge in [-0.25, -0.2) is 14.0 Å². The second-order valence-electron chi connectivity index (χ2n) is 9.16. The van der Waals surface area contributed by atoms with Crippen molar-refractivity contribution in [3.8, 4) is 0 Å². The number of carboxylic acid groups (broad SMARTS) is 1. The van der Waals surface area contributed by atoms with E-state index in [1.165, 1.54) is 6.92 Å². The quantitative estimate of drug-likeness (QED) is 0.106. The van der Waals surface area contributed by atoms with Crippen molar-refractivity contribution in [1.82, 2.24) is 0 Å². The number of hydrogen-bond donors (Lipinski definition) is 2. The van der Waals surface area contributed by atoms with E-state index in [1.807, 2.05) is 0 Å². The van der Waals surface area contributed by atoms with E-state index in [2.05, 4.69) is 17.9 Å². The fourth-order valence-corrected chi connectivity index (χ4v) is 2.70. The maximum atomic E-state index is 13.9. The lowest BCUT2D eigenvalue weighted by Crippen LogP contribution is -2.80. The summed E-state index contributed by atoms with van der Waals surface area (Å²) in [5.74, 6) is -74.2. The number of aliphatic hydroxyl groups is 1. The van der Waals surface area contributed by atoms with Crippen molar-refractivity contribution in [2.45, 2.75) is 84.9 Å². The zero-order valence-electron chi connectivity index (χ0n) is 22.8. The largest absolute Gasteiger partial charge is 0.478 e. The summed E-state index contributed by atoms with van der Waals surface area (Å²) in [6.07, 6.45) is -23.9. The Labute approximate surface area is 254 Å². The standard InChI is InChI=1S/C17H9F23O3.C4H6O2/c1-2-6(42)43-4-5(41)3-7(18,19)9(21,22)12(27,28)14(31,32)15(33,34)13(29,30)10(23,24)8(20,16(35,36)37)11(25,26)17(38,39)40;1-3(2)4(5)6/h2,5,41H,1,3-4H2;1H2,2H3,(H,5,6). The molecule has 0 rings (SSSR count). The Morgan fingerprint density at radius 1 is 0.612 bits per heavy atom. The first-order valence-corrected chi connectivity index (χ1v) is 11.2. The zero-order valence-corrected chi connectivity index (χ0v) is 22.8. The van der Waals surface area contributed by atoms with Gasteiger partial charge in [0.1, 0.15) is 6.61 Å². The molecule has 5 nitrogen and oxygen atoms in total. The third-order valence-electron chi connectivity index (χ3n) is 5.48. The van der Waals surface area contributed by atoms with Crippen molar-refractivity contribution >= 4 is 11.9 Å². The van der Waals surface area contributed by atoms with Gasteiger partial charge in [0.15, 0.2) is 0 Å². The molecular formula is C21H15F23O5. The monoisotopic (exact) mass is 784 g/mol. The van der Waals surface area contributed by atoms with Crippen LogP contribution in [0.25, 0.3) is 0 Å². The minimum atomic E-state index is -9.66. The lowest BCUT2D eigenvalue weighted by Gasteiger charge is -2.47. The summed E-state index contributed by atoms with van der Waals surface area (Å²) >= 11 is 0. The molecule has 49 heavy (non-hydrogen) atoms. The van der Waals surface area contributed by atoms with Crippen LogP contribution in [0.2, 0.25) is 0 Å². The van der Waals surface area contributed by atoms with Gasteiger partial charge >= 0.3 is 77.3 Å². The van der Waals surface area contributed by atoms with Crippen LogP contribution in [0.3, 0.4) is 0 Å². The normalized spacial score (nSPS) is 16.5. The van der Waals surface area contributed by atoms with Crippen LogP contribution >= 0.6 is 0 Å². The van der Waals surface area contributed by atoms with E-state index in [0.717, 1.165) is 0 Å². The molecule has 0 amide bonds. The third-order valence-corrected chi connectivity index (χ3v) is 5.48. The van der Waals surface area contributed by atoms with Crippen LogP contribution in [0.15, 0.2) is 24.8 Å². The second-order valence-corrected chi connectivity index (χ2v) is 9.16. The van der Waals surface area contributed by atoms with Gasteiger partial charge in [-0.05, 0) is 6.92 Å². The Balaban J connectivity index is 0. The molecule has 0 saturated carbocycles. The summed E-state index contributed by atoms with van der Waals surface area (Å²) in [7, 11) is 0. The smallest absolute Gasteiger partial charge is 0.457 e. The summed E-state index contributed by atoms with van der Waals surface area (Å²) in [5.41, 5.74) is -9.29. The molecule has 0 aromatic heterocycles. The Morgan fingerprint density at radius 3 is 1.18 bits per heavy atom. The Morgan fingerprint density at radius 2 is 0.918 bits per heavy atom. The van der Waals surface area contributed by atoms with Crippen LogP contribution in [-0.2, 0) is 14.3 Å². The first-order valence-electron chi connectivity index (χ1n) is 11.2. The Hall–Kier alpha value is -3.23. The maximum absolute atomic E-state index is 13.9. The van der Waals surface area contributed by atoms with Gasteiger partial charge in [-0.15, -0.1) is 0 Å². The predicted molar refractivity (Wildman–Crippen MR) is 110 cm³/mol. The molecule has 0 aromatic carbocycles. The summed E-state index contributed by atoms with van der Waals surface area (Å²) < 4.78 is 311. The molecule has 0 saturated heterocycles. The van der Waals surface area contributed by atoms with Crippen molar-refractivity contribution in [1.29, 1.82) is 0 Å². The number of carbonyl (C=O) groups is 2. The van der Waals surface area contributed by atoms with E-state index < -0.39 is 96.5 Å². The van der Waals surface area contributed by atoms with E-state index in [9.17, 15) is 111 Å². The van der Waals surface area contributed by atoms with Gasteiger partial charge in [0.25, 0.3) is 0 Å². The maximum Gasteiger partial charge on any atom is 0.457 e. The van der Waals surface area contributed by atoms with Crippen molar-refractivity contribution in [3.63, 3.8) is 0 Å². The molecule has 290 valence electrons. The Kier molecular flexibility index (Phi) is 13.5. The SMILES string of the molecule is C=C(C)C(=O)O.C=CC(=O)OCC(O)CC(F)(F)C(F)(F)C(F)(F)C(F)(F)C(F)(F)C(F)(F)C(F)(F)C(F)(C(F)(F)F)C(F)(F)C(F)(F)F. The zero-order chi connectivity index (χ0) is 40.6. The Bertz CT molecular complexity index is 1210. The second kappa shape index (κ2) is 13.8. The number of aliphatic hydroxyl groups excluding tert-OH is 1. The highest BCUT2D eigenvalue weighted by atomic mass is 19.4. The molecule has 28 heteroatoms. The van der Waals surface area contributed by atoms with Gasteiger partial charge in [-0.3, -0.25) is 0 Å². The number of rotatable bonds is 14. The van der Waals surface area contributed by atoms with Crippen LogP contribution in [0.5, 0.6) is 0 Å². The first kappa shape index (κ1) is 47.9. The summed E-state index contributed by atoms with van der Waals surface area (Å²) in [5, 5.41) is 16.9. The molecule has 0 aliphatic rings. The molecule has 0 aliphatic heterocycles. The van der Waals surface area contributed by atoms with Gasteiger partial charge < -0.3 is 14.9 Å². The fraction of sp³-hybridized carbons (Fsp3) is 0.714. The molecular weight excluding hydrogens is 769 g/mol.